The van der Waals surface area contributed by atoms with Crippen LogP contribution in [0.15, 0.2) is 47.0 Å². The zero-order valence-electron chi connectivity index (χ0n) is 17.5. The summed E-state index contributed by atoms with van der Waals surface area (Å²) in [4.78, 5) is 19.3. The normalized spacial score (nSPS) is 20.5. The fraction of sp³-hybridized carbons (Fsp3) is 0.375. The maximum absolute atomic E-state index is 13.5. The number of amides is 2. The van der Waals surface area contributed by atoms with Crippen LogP contribution in [0.4, 0.5) is 9.18 Å². The number of nitrogens with zero attached hydrogens (tertiary/aromatic N) is 3. The number of rotatable bonds is 3. The number of nitrogens with one attached hydrogen (secondary N) is 1. The van der Waals surface area contributed by atoms with Gasteiger partial charge in [0.15, 0.2) is 0 Å². The van der Waals surface area contributed by atoms with Crippen molar-refractivity contribution in [2.45, 2.75) is 44.6 Å². The minimum absolute atomic E-state index is 0.0209. The van der Waals surface area contributed by atoms with Crippen LogP contribution in [-0.4, -0.2) is 34.2 Å². The van der Waals surface area contributed by atoms with Crippen molar-refractivity contribution in [3.05, 3.63) is 70.9 Å². The van der Waals surface area contributed by atoms with Crippen LogP contribution in [0.5, 0.6) is 0 Å². The Balaban J connectivity index is 1.26. The number of hydrogen-bond acceptors (Lipinski definition) is 4. The molecule has 2 aliphatic rings. The summed E-state index contributed by atoms with van der Waals surface area (Å²) in [5.74, 6) is 0.507. The quantitative estimate of drug-likeness (QED) is 0.663. The van der Waals surface area contributed by atoms with Crippen molar-refractivity contribution in [2.75, 3.05) is 13.1 Å². The zero-order valence-corrected chi connectivity index (χ0v) is 17.5. The van der Waals surface area contributed by atoms with E-state index in [9.17, 15) is 9.18 Å². The van der Waals surface area contributed by atoms with Crippen molar-refractivity contribution >= 4 is 6.03 Å². The number of carbonyl (C=O) groups is 1. The maximum atomic E-state index is 13.5. The number of halogens is 1. The Hall–Kier alpha value is -3.22. The third-order valence-electron chi connectivity index (χ3n) is 6.26. The molecule has 1 saturated heterocycles. The third-order valence-corrected chi connectivity index (χ3v) is 6.26. The molecule has 7 heteroatoms. The van der Waals surface area contributed by atoms with E-state index in [0.29, 0.717) is 30.4 Å². The van der Waals surface area contributed by atoms with Gasteiger partial charge < -0.3 is 14.7 Å². The Bertz CT molecular complexity index is 1110. The Kier molecular flexibility index (Phi) is 5.18. The van der Waals surface area contributed by atoms with Gasteiger partial charge in [0.2, 0.25) is 11.7 Å². The Morgan fingerprint density at radius 1 is 1.23 bits per heavy atom. The molecular formula is C24H25FN4O2. The van der Waals surface area contributed by atoms with E-state index in [1.807, 2.05) is 4.90 Å². The first kappa shape index (κ1) is 19.7. The molecule has 2 aromatic carbocycles. The van der Waals surface area contributed by atoms with Crippen molar-refractivity contribution in [3.8, 4) is 11.4 Å². The first-order valence-corrected chi connectivity index (χ1v) is 10.8. The maximum Gasteiger partial charge on any atom is 0.317 e. The lowest BCUT2D eigenvalue weighted by Gasteiger charge is -2.32. The Labute approximate surface area is 180 Å². The number of benzene rings is 2. The average molecular weight is 420 g/mol. The number of urea groups is 1. The van der Waals surface area contributed by atoms with E-state index >= 15 is 0 Å². The third kappa shape index (κ3) is 4.04. The molecule has 2 amide bonds. The number of hydrogen-bond donors (Lipinski definition) is 1. The molecule has 31 heavy (non-hydrogen) atoms. The van der Waals surface area contributed by atoms with Crippen LogP contribution in [-0.2, 0) is 6.42 Å². The smallest absolute Gasteiger partial charge is 0.317 e. The van der Waals surface area contributed by atoms with Gasteiger partial charge in [0, 0.05) is 18.7 Å². The molecule has 0 bridgehead atoms. The number of fused-ring (bicyclic) bond motifs is 1. The number of carbonyl (C=O) groups excluding carboxylic acids is 1. The van der Waals surface area contributed by atoms with Crippen molar-refractivity contribution < 1.29 is 13.7 Å². The van der Waals surface area contributed by atoms with Gasteiger partial charge in [-0.1, -0.05) is 41.1 Å². The summed E-state index contributed by atoms with van der Waals surface area (Å²) in [6, 6.07) is 12.6. The highest BCUT2D eigenvalue weighted by Crippen LogP contribution is 2.33. The standard InChI is InChI=1S/C24H25FN4O2/c1-15-7-8-16-9-10-21(20(16)12-15)26-24(30)29-11-3-5-18(14-29)23-27-22(28-31-23)17-4-2-6-19(25)13-17/h2,4,6-8,12-13,18,21H,3,5,9-11,14H2,1H3,(H,26,30). The Morgan fingerprint density at radius 3 is 3.00 bits per heavy atom. The van der Waals surface area contributed by atoms with E-state index in [0.717, 1.165) is 25.7 Å². The second kappa shape index (κ2) is 8.13. The molecule has 5 rings (SSSR count). The highest BCUT2D eigenvalue weighted by atomic mass is 19.1. The second-order valence-corrected chi connectivity index (χ2v) is 8.49. The SMILES string of the molecule is Cc1ccc2c(c1)C(NC(=O)N1CCCC(c3nc(-c4cccc(F)c4)no3)C1)CC2. The molecule has 1 fully saturated rings. The molecule has 3 aromatic rings. The average Bonchev–Trinajstić information content (AvgIpc) is 3.42. The molecule has 1 aromatic heterocycles. The minimum atomic E-state index is -0.340. The van der Waals surface area contributed by atoms with Crippen LogP contribution in [0.2, 0.25) is 0 Å². The molecule has 1 aliphatic heterocycles. The highest BCUT2D eigenvalue weighted by Gasteiger charge is 2.31. The lowest BCUT2D eigenvalue weighted by atomic mass is 9.98. The number of piperidine rings is 1. The summed E-state index contributed by atoms with van der Waals surface area (Å²) in [5.41, 5.74) is 4.35. The Morgan fingerprint density at radius 2 is 2.13 bits per heavy atom. The molecule has 0 radical (unpaired) electrons. The summed E-state index contributed by atoms with van der Waals surface area (Å²) in [6.45, 7) is 3.32. The fourth-order valence-corrected chi connectivity index (χ4v) is 4.62. The highest BCUT2D eigenvalue weighted by molar-refractivity contribution is 5.75. The van der Waals surface area contributed by atoms with Crippen LogP contribution in [0, 0.1) is 12.7 Å². The molecule has 1 aliphatic carbocycles. The van der Waals surface area contributed by atoms with Crippen LogP contribution in [0.25, 0.3) is 11.4 Å². The largest absolute Gasteiger partial charge is 0.339 e. The predicted octanol–water partition coefficient (Wildman–Crippen LogP) is 4.76. The molecule has 1 N–H and O–H groups in total. The van der Waals surface area contributed by atoms with Crippen LogP contribution in [0.1, 0.15) is 53.8 Å². The predicted molar refractivity (Wildman–Crippen MR) is 114 cm³/mol. The van der Waals surface area contributed by atoms with Crippen LogP contribution < -0.4 is 5.32 Å². The fourth-order valence-electron chi connectivity index (χ4n) is 4.62. The molecular weight excluding hydrogens is 395 g/mol. The monoisotopic (exact) mass is 420 g/mol. The molecule has 6 nitrogen and oxygen atoms in total. The summed E-state index contributed by atoms with van der Waals surface area (Å²) in [7, 11) is 0. The van der Waals surface area contributed by atoms with E-state index < -0.39 is 0 Å². The van der Waals surface area contributed by atoms with Crippen LogP contribution >= 0.6 is 0 Å². The van der Waals surface area contributed by atoms with Gasteiger partial charge in [0.05, 0.1) is 12.0 Å². The summed E-state index contributed by atoms with van der Waals surface area (Å²) in [6.07, 6.45) is 3.67. The molecule has 0 saturated carbocycles. The lowest BCUT2D eigenvalue weighted by molar-refractivity contribution is 0.168. The van der Waals surface area contributed by atoms with E-state index in [-0.39, 0.29) is 23.8 Å². The molecule has 0 spiro atoms. The summed E-state index contributed by atoms with van der Waals surface area (Å²) >= 11 is 0. The van der Waals surface area contributed by atoms with Crippen molar-refractivity contribution in [1.29, 1.82) is 0 Å². The van der Waals surface area contributed by atoms with E-state index in [4.69, 9.17) is 4.52 Å². The summed E-state index contributed by atoms with van der Waals surface area (Å²) < 4.78 is 19.0. The first-order valence-electron chi connectivity index (χ1n) is 10.8. The van der Waals surface area contributed by atoms with Crippen molar-refractivity contribution in [1.82, 2.24) is 20.4 Å². The van der Waals surface area contributed by atoms with Gasteiger partial charge in [0.25, 0.3) is 0 Å². The van der Waals surface area contributed by atoms with E-state index in [1.165, 1.54) is 28.8 Å². The minimum Gasteiger partial charge on any atom is -0.339 e. The number of likely N-dealkylation sites (tertiary alicyclic amines) is 1. The first-order chi connectivity index (χ1) is 15.1. The van der Waals surface area contributed by atoms with Crippen molar-refractivity contribution in [3.63, 3.8) is 0 Å². The lowest BCUT2D eigenvalue weighted by Crippen LogP contribution is -2.45. The summed E-state index contributed by atoms with van der Waals surface area (Å²) in [5, 5.41) is 7.24. The van der Waals surface area contributed by atoms with Gasteiger partial charge >= 0.3 is 6.03 Å². The van der Waals surface area contributed by atoms with Gasteiger partial charge in [-0.15, -0.1) is 0 Å². The van der Waals surface area contributed by atoms with Crippen LogP contribution in [0.3, 0.4) is 0 Å². The zero-order chi connectivity index (χ0) is 21.4. The number of aryl methyl sites for hydroxylation is 2. The molecule has 160 valence electrons. The van der Waals surface area contributed by atoms with E-state index in [2.05, 4.69) is 40.6 Å². The van der Waals surface area contributed by atoms with E-state index in [1.54, 1.807) is 12.1 Å². The molecule has 2 heterocycles. The van der Waals surface area contributed by atoms with Gasteiger partial charge in [-0.3, -0.25) is 0 Å². The van der Waals surface area contributed by atoms with Gasteiger partial charge in [-0.25, -0.2) is 9.18 Å². The number of aromatic nitrogens is 2. The van der Waals surface area contributed by atoms with Crippen molar-refractivity contribution in [2.24, 2.45) is 0 Å². The molecule has 2 atom stereocenters. The second-order valence-electron chi connectivity index (χ2n) is 8.49. The van der Waals surface area contributed by atoms with Gasteiger partial charge in [-0.2, -0.15) is 4.98 Å². The topological polar surface area (TPSA) is 71.3 Å². The van der Waals surface area contributed by atoms with Gasteiger partial charge in [-0.05, 0) is 55.9 Å². The van der Waals surface area contributed by atoms with Gasteiger partial charge in [0.1, 0.15) is 5.82 Å². The molecule has 2 unspecified atom stereocenters.